The van der Waals surface area contributed by atoms with Crippen molar-refractivity contribution in [3.05, 3.63) is 0 Å². The highest BCUT2D eigenvalue weighted by atomic mass is 28.4. The van der Waals surface area contributed by atoms with Gasteiger partial charge in [0.25, 0.3) is 0 Å². The number of hydrogen-bond acceptors (Lipinski definition) is 6. The minimum absolute atomic E-state index is 0.181. The van der Waals surface area contributed by atoms with Crippen LogP contribution in [0.15, 0.2) is 0 Å². The summed E-state index contributed by atoms with van der Waals surface area (Å²) in [6.07, 6.45) is -0.838. The van der Waals surface area contributed by atoms with E-state index in [4.69, 9.17) is 26.9 Å². The van der Waals surface area contributed by atoms with Crippen molar-refractivity contribution in [2.24, 2.45) is 0 Å². The molecule has 4 atom stereocenters. The first-order valence-electron chi connectivity index (χ1n) is 11.9. The maximum atomic E-state index is 6.89. The molecule has 1 fully saturated rings. The first-order valence-corrected chi connectivity index (χ1v) is 29.0. The molecule has 1 heterocycles. The second-order valence-electron chi connectivity index (χ2n) is 13.9. The zero-order chi connectivity index (χ0) is 25.4. The number of ether oxygens (including phenoxy) is 1. The van der Waals surface area contributed by atoms with Crippen LogP contribution >= 0.6 is 0 Å². The lowest BCUT2D eigenvalue weighted by Crippen LogP contribution is -2.71. The topological polar surface area (TPSA) is 55.4 Å². The maximum Gasteiger partial charge on any atom is 0.209 e. The molecule has 0 aliphatic carbocycles. The van der Waals surface area contributed by atoms with Gasteiger partial charge in [0, 0.05) is 0 Å². The molecule has 0 aromatic heterocycles. The molecule has 1 saturated heterocycles. The van der Waals surface area contributed by atoms with Gasteiger partial charge in [0.1, 0.15) is 12.2 Å². The molecular formula is C21H52O6Si5. The van der Waals surface area contributed by atoms with Crippen molar-refractivity contribution in [1.29, 1.82) is 0 Å². The average Bonchev–Trinajstić information content (AvgIpc) is 2.46. The third kappa shape index (κ3) is 11.5. The third-order valence-electron chi connectivity index (χ3n) is 4.25. The summed E-state index contributed by atoms with van der Waals surface area (Å²) in [6.45, 7) is 33.9. The summed E-state index contributed by atoms with van der Waals surface area (Å²) in [5, 5.41) is 0. The quantitative estimate of drug-likeness (QED) is 0.296. The SMILES string of the molecule is C[Si](C)(C)OC[C@]1(O[Si](C)(C)C)OC[C@@H](O[Si](C)(C)C)[C@@H](O[Si](C)(C)C)[C@@H]1O[Si](C)(C)C. The third-order valence-corrected chi connectivity index (χ3v) is 9.17. The molecule has 32 heavy (non-hydrogen) atoms. The van der Waals surface area contributed by atoms with Crippen LogP contribution in [0.2, 0.25) is 98.2 Å². The molecule has 192 valence electrons. The minimum atomic E-state index is -2.02. The van der Waals surface area contributed by atoms with Crippen molar-refractivity contribution in [1.82, 2.24) is 0 Å². The van der Waals surface area contributed by atoms with Crippen molar-refractivity contribution >= 4 is 41.6 Å². The van der Waals surface area contributed by atoms with Gasteiger partial charge in [0.15, 0.2) is 41.6 Å². The molecular weight excluding hydrogens is 489 g/mol. The predicted molar refractivity (Wildman–Crippen MR) is 147 cm³/mol. The van der Waals surface area contributed by atoms with Crippen LogP contribution in [0.25, 0.3) is 0 Å². The average molecular weight is 541 g/mol. The van der Waals surface area contributed by atoms with E-state index < -0.39 is 53.5 Å². The standard InChI is InChI=1S/C21H52O6Si5/c1-28(2,3)23-17-21(27-32(13,14)15)20(26-31(10,11)12)19(25-30(7,8)9)18(16-22-21)24-29(4,5)6/h18-20H,16-17H2,1-15H3/t18-,19-,20+,21-/m1/s1. The van der Waals surface area contributed by atoms with Crippen LogP contribution in [0.3, 0.4) is 0 Å². The summed E-state index contributed by atoms with van der Waals surface area (Å²) in [5.74, 6) is -0.991. The van der Waals surface area contributed by atoms with Gasteiger partial charge in [-0.05, 0) is 98.2 Å². The van der Waals surface area contributed by atoms with Gasteiger partial charge < -0.3 is 26.9 Å². The molecule has 1 aliphatic rings. The second kappa shape index (κ2) is 10.4. The van der Waals surface area contributed by atoms with Crippen molar-refractivity contribution in [3.8, 4) is 0 Å². The first kappa shape index (κ1) is 30.9. The fourth-order valence-electron chi connectivity index (χ4n) is 3.56. The number of rotatable bonds is 11. The van der Waals surface area contributed by atoms with Crippen LogP contribution in [-0.2, 0) is 26.9 Å². The van der Waals surface area contributed by atoms with E-state index in [0.717, 1.165) is 0 Å². The van der Waals surface area contributed by atoms with Gasteiger partial charge >= 0.3 is 0 Å². The molecule has 0 unspecified atom stereocenters. The van der Waals surface area contributed by atoms with Crippen LogP contribution in [0.4, 0.5) is 0 Å². The van der Waals surface area contributed by atoms with Crippen molar-refractivity contribution < 1.29 is 26.9 Å². The molecule has 0 aromatic carbocycles. The Hall–Kier alpha value is 0.844. The van der Waals surface area contributed by atoms with Gasteiger partial charge in [-0.1, -0.05) is 0 Å². The molecule has 0 radical (unpaired) electrons. The Morgan fingerprint density at radius 1 is 0.625 bits per heavy atom. The highest BCUT2D eigenvalue weighted by Crippen LogP contribution is 2.39. The van der Waals surface area contributed by atoms with E-state index in [1.54, 1.807) is 0 Å². The molecule has 0 aromatic rings. The Bertz CT molecular complexity index is 600. The zero-order valence-electron chi connectivity index (χ0n) is 23.6. The van der Waals surface area contributed by atoms with Crippen molar-refractivity contribution in [2.75, 3.05) is 13.2 Å². The zero-order valence-corrected chi connectivity index (χ0v) is 28.6. The lowest BCUT2D eigenvalue weighted by Gasteiger charge is -2.54. The molecule has 11 heteroatoms. The highest BCUT2D eigenvalue weighted by molar-refractivity contribution is 6.71. The Balaban J connectivity index is 3.59. The summed E-state index contributed by atoms with van der Waals surface area (Å²) in [5.41, 5.74) is 0. The van der Waals surface area contributed by atoms with Crippen LogP contribution in [0.1, 0.15) is 0 Å². The lowest BCUT2D eigenvalue weighted by molar-refractivity contribution is -0.311. The van der Waals surface area contributed by atoms with Gasteiger partial charge in [-0.15, -0.1) is 0 Å². The molecule has 0 spiro atoms. The molecule has 1 aliphatic heterocycles. The summed E-state index contributed by atoms with van der Waals surface area (Å²) < 4.78 is 40.3. The molecule has 0 N–H and O–H groups in total. The van der Waals surface area contributed by atoms with Gasteiger partial charge in [-0.2, -0.15) is 0 Å². The Labute approximate surface area is 203 Å². The van der Waals surface area contributed by atoms with E-state index >= 15 is 0 Å². The van der Waals surface area contributed by atoms with Crippen molar-refractivity contribution in [3.63, 3.8) is 0 Å². The van der Waals surface area contributed by atoms with E-state index in [9.17, 15) is 0 Å². The van der Waals surface area contributed by atoms with Gasteiger partial charge in [-0.3, -0.25) is 0 Å². The van der Waals surface area contributed by atoms with E-state index in [2.05, 4.69) is 98.2 Å². The summed E-state index contributed by atoms with van der Waals surface area (Å²) in [7, 11) is -9.58. The Kier molecular flexibility index (Phi) is 10.1. The summed E-state index contributed by atoms with van der Waals surface area (Å²) >= 11 is 0. The van der Waals surface area contributed by atoms with E-state index in [-0.39, 0.29) is 12.2 Å². The van der Waals surface area contributed by atoms with Gasteiger partial charge in [-0.25, -0.2) is 0 Å². The molecule has 0 bridgehead atoms. The monoisotopic (exact) mass is 540 g/mol. The maximum absolute atomic E-state index is 6.89. The molecule has 0 saturated carbocycles. The largest absolute Gasteiger partial charge is 0.412 e. The normalized spacial score (nSPS) is 28.8. The van der Waals surface area contributed by atoms with Crippen LogP contribution in [-0.4, -0.2) is 78.9 Å². The van der Waals surface area contributed by atoms with Gasteiger partial charge in [0.2, 0.25) is 5.79 Å². The second-order valence-corrected chi connectivity index (χ2v) is 36.2. The highest BCUT2D eigenvalue weighted by Gasteiger charge is 2.58. The first-order chi connectivity index (χ1) is 13.9. The van der Waals surface area contributed by atoms with E-state index in [1.165, 1.54) is 0 Å². The smallest absolute Gasteiger partial charge is 0.209 e. The van der Waals surface area contributed by atoms with E-state index in [0.29, 0.717) is 13.2 Å². The molecule has 6 nitrogen and oxygen atoms in total. The number of hydrogen-bond donors (Lipinski definition) is 0. The minimum Gasteiger partial charge on any atom is -0.412 e. The fourth-order valence-corrected chi connectivity index (χ4v) is 8.74. The van der Waals surface area contributed by atoms with Crippen molar-refractivity contribution in [2.45, 2.75) is 122 Å². The summed E-state index contributed by atoms with van der Waals surface area (Å²) in [4.78, 5) is 0. The fraction of sp³-hybridized carbons (Fsp3) is 1.00. The van der Waals surface area contributed by atoms with Crippen LogP contribution in [0, 0.1) is 0 Å². The van der Waals surface area contributed by atoms with Crippen LogP contribution in [0.5, 0.6) is 0 Å². The Morgan fingerprint density at radius 2 is 1.09 bits per heavy atom. The lowest BCUT2D eigenvalue weighted by atomic mass is 9.97. The van der Waals surface area contributed by atoms with Gasteiger partial charge in [0.05, 0.1) is 19.3 Å². The summed E-state index contributed by atoms with van der Waals surface area (Å²) in [6, 6.07) is 0. The molecule has 0 amide bonds. The van der Waals surface area contributed by atoms with Crippen LogP contribution < -0.4 is 0 Å². The Morgan fingerprint density at radius 3 is 1.47 bits per heavy atom. The predicted octanol–water partition coefficient (Wildman–Crippen LogP) is 6.08. The van der Waals surface area contributed by atoms with E-state index in [1.807, 2.05) is 0 Å². The molecule has 1 rings (SSSR count).